The Kier molecular flexibility index (Phi) is 6.92. The number of anilines is 1. The first kappa shape index (κ1) is 20.9. The number of nitrogens with zero attached hydrogens (tertiary/aromatic N) is 2. The lowest BCUT2D eigenvalue weighted by Crippen LogP contribution is -2.48. The molecule has 0 spiro atoms. The number of ether oxygens (including phenoxy) is 1. The fourth-order valence-corrected chi connectivity index (χ4v) is 3.03. The van der Waals surface area contributed by atoms with Gasteiger partial charge in [0, 0.05) is 44.0 Å². The zero-order valence-corrected chi connectivity index (χ0v) is 16.2. The molecular formula is C19H28N4O4. The molecule has 1 aromatic carbocycles. The van der Waals surface area contributed by atoms with E-state index in [2.05, 4.69) is 15.1 Å². The Morgan fingerprint density at radius 3 is 2.37 bits per heavy atom. The van der Waals surface area contributed by atoms with Gasteiger partial charge >= 0.3 is 5.97 Å². The van der Waals surface area contributed by atoms with Gasteiger partial charge in [0.2, 0.25) is 12.3 Å². The molecule has 27 heavy (non-hydrogen) atoms. The molecule has 0 bridgehead atoms. The summed E-state index contributed by atoms with van der Waals surface area (Å²) in [6, 6.07) is 5.04. The van der Waals surface area contributed by atoms with Crippen molar-refractivity contribution < 1.29 is 19.1 Å². The van der Waals surface area contributed by atoms with Crippen LogP contribution in [0.25, 0.3) is 0 Å². The SMILES string of the molecule is CC(C)(C)OC(=O)CN1CCN(Cc2cc(NC=O)ccc2C(N)=O)CC1. The third kappa shape index (κ3) is 6.65. The quantitative estimate of drug-likeness (QED) is 0.539. The highest BCUT2D eigenvalue weighted by molar-refractivity contribution is 5.95. The van der Waals surface area contributed by atoms with Crippen molar-refractivity contribution in [3.63, 3.8) is 0 Å². The topological polar surface area (TPSA) is 105 Å². The van der Waals surface area contributed by atoms with Crippen molar-refractivity contribution in [2.24, 2.45) is 5.73 Å². The Balaban J connectivity index is 1.93. The number of hydrogen-bond acceptors (Lipinski definition) is 6. The van der Waals surface area contributed by atoms with Gasteiger partial charge in [-0.1, -0.05) is 0 Å². The van der Waals surface area contributed by atoms with E-state index in [4.69, 9.17) is 10.5 Å². The van der Waals surface area contributed by atoms with E-state index in [0.717, 1.165) is 31.7 Å². The molecule has 1 aromatic rings. The van der Waals surface area contributed by atoms with E-state index in [1.807, 2.05) is 20.8 Å². The summed E-state index contributed by atoms with van der Waals surface area (Å²) < 4.78 is 5.36. The predicted octanol–water partition coefficient (Wildman–Crippen LogP) is 0.813. The van der Waals surface area contributed by atoms with Gasteiger partial charge in [0.1, 0.15) is 5.60 Å². The number of hydrogen-bond donors (Lipinski definition) is 2. The monoisotopic (exact) mass is 376 g/mol. The minimum Gasteiger partial charge on any atom is -0.459 e. The maximum Gasteiger partial charge on any atom is 0.320 e. The summed E-state index contributed by atoms with van der Waals surface area (Å²) in [5.41, 5.74) is 6.82. The van der Waals surface area contributed by atoms with Crippen LogP contribution in [0.15, 0.2) is 18.2 Å². The van der Waals surface area contributed by atoms with Crippen LogP contribution in [0.2, 0.25) is 0 Å². The molecule has 0 aromatic heterocycles. The normalized spacial score (nSPS) is 16.0. The van der Waals surface area contributed by atoms with E-state index in [1.54, 1.807) is 18.2 Å². The van der Waals surface area contributed by atoms with Crippen molar-refractivity contribution in [3.05, 3.63) is 29.3 Å². The minimum atomic E-state index is -0.494. The van der Waals surface area contributed by atoms with Crippen LogP contribution >= 0.6 is 0 Å². The zero-order valence-electron chi connectivity index (χ0n) is 16.2. The van der Waals surface area contributed by atoms with Gasteiger partial charge in [-0.3, -0.25) is 24.2 Å². The summed E-state index contributed by atoms with van der Waals surface area (Å²) in [5.74, 6) is -0.717. The number of nitrogens with one attached hydrogen (secondary N) is 1. The van der Waals surface area contributed by atoms with Crippen LogP contribution in [0.5, 0.6) is 0 Å². The molecule has 0 saturated carbocycles. The molecule has 0 radical (unpaired) electrons. The molecule has 1 heterocycles. The zero-order chi connectivity index (χ0) is 20.0. The summed E-state index contributed by atoms with van der Waals surface area (Å²) in [5, 5.41) is 2.59. The molecule has 8 nitrogen and oxygen atoms in total. The maximum absolute atomic E-state index is 12.0. The average molecular weight is 376 g/mol. The first-order valence-electron chi connectivity index (χ1n) is 8.97. The van der Waals surface area contributed by atoms with Gasteiger partial charge in [-0.25, -0.2) is 0 Å². The number of rotatable bonds is 7. The van der Waals surface area contributed by atoms with Crippen molar-refractivity contribution in [1.82, 2.24) is 9.80 Å². The molecule has 3 N–H and O–H groups in total. The fourth-order valence-electron chi connectivity index (χ4n) is 3.03. The van der Waals surface area contributed by atoms with Gasteiger partial charge in [-0.05, 0) is 44.5 Å². The second-order valence-electron chi connectivity index (χ2n) is 7.64. The lowest BCUT2D eigenvalue weighted by atomic mass is 10.0. The molecule has 2 rings (SSSR count). The second-order valence-corrected chi connectivity index (χ2v) is 7.64. The molecule has 0 unspecified atom stereocenters. The number of carbonyl (C=O) groups excluding carboxylic acids is 3. The summed E-state index contributed by atoms with van der Waals surface area (Å²) in [7, 11) is 0. The molecule has 0 atom stereocenters. The number of nitrogens with two attached hydrogens (primary N) is 1. The second kappa shape index (κ2) is 8.96. The Bertz CT molecular complexity index is 691. The van der Waals surface area contributed by atoms with E-state index in [1.165, 1.54) is 0 Å². The smallest absolute Gasteiger partial charge is 0.320 e. The first-order chi connectivity index (χ1) is 12.7. The standard InChI is InChI=1S/C19H28N4O4/c1-19(2,3)27-17(25)12-23-8-6-22(7-9-23)11-14-10-15(21-13-24)4-5-16(14)18(20)26/h4-5,10,13H,6-9,11-12H2,1-3H3,(H2,20,26)(H,21,24). The Labute approximate surface area is 159 Å². The Morgan fingerprint density at radius 1 is 1.19 bits per heavy atom. The Morgan fingerprint density at radius 2 is 1.81 bits per heavy atom. The van der Waals surface area contributed by atoms with Gasteiger partial charge in [-0.15, -0.1) is 0 Å². The van der Waals surface area contributed by atoms with Gasteiger partial charge in [-0.2, -0.15) is 0 Å². The van der Waals surface area contributed by atoms with Gasteiger partial charge in [0.25, 0.3) is 0 Å². The predicted molar refractivity (Wildman–Crippen MR) is 102 cm³/mol. The molecule has 1 aliphatic heterocycles. The number of carbonyl (C=O) groups is 3. The number of primary amides is 1. The van der Waals surface area contributed by atoms with E-state index in [-0.39, 0.29) is 12.5 Å². The molecule has 1 aliphatic rings. The van der Waals surface area contributed by atoms with Crippen LogP contribution in [0.4, 0.5) is 5.69 Å². The van der Waals surface area contributed by atoms with Crippen LogP contribution in [0.3, 0.4) is 0 Å². The van der Waals surface area contributed by atoms with E-state index in [9.17, 15) is 14.4 Å². The summed E-state index contributed by atoms with van der Waals surface area (Å²) in [6.45, 7) is 9.36. The van der Waals surface area contributed by atoms with Crippen LogP contribution in [0.1, 0.15) is 36.7 Å². The van der Waals surface area contributed by atoms with E-state index < -0.39 is 11.5 Å². The number of esters is 1. The molecule has 8 heteroatoms. The third-order valence-electron chi connectivity index (χ3n) is 4.23. The van der Waals surface area contributed by atoms with Crippen molar-refractivity contribution in [1.29, 1.82) is 0 Å². The lowest BCUT2D eigenvalue weighted by molar-refractivity contribution is -0.156. The van der Waals surface area contributed by atoms with Crippen LogP contribution in [0, 0.1) is 0 Å². The van der Waals surface area contributed by atoms with Crippen LogP contribution < -0.4 is 11.1 Å². The fraction of sp³-hybridized carbons (Fsp3) is 0.526. The highest BCUT2D eigenvalue weighted by Gasteiger charge is 2.23. The highest BCUT2D eigenvalue weighted by Crippen LogP contribution is 2.18. The maximum atomic E-state index is 12.0. The number of piperazine rings is 1. The Hall–Kier alpha value is -2.45. The largest absolute Gasteiger partial charge is 0.459 e. The third-order valence-corrected chi connectivity index (χ3v) is 4.23. The molecule has 1 saturated heterocycles. The summed E-state index contributed by atoms with van der Waals surface area (Å²) >= 11 is 0. The van der Waals surface area contributed by atoms with E-state index in [0.29, 0.717) is 24.2 Å². The first-order valence-corrected chi connectivity index (χ1v) is 8.97. The molecule has 2 amide bonds. The van der Waals surface area contributed by atoms with Gasteiger partial charge in [0.15, 0.2) is 0 Å². The number of amides is 2. The summed E-state index contributed by atoms with van der Waals surface area (Å²) in [6.07, 6.45) is 0.596. The van der Waals surface area contributed by atoms with Crippen LogP contribution in [-0.4, -0.2) is 66.4 Å². The van der Waals surface area contributed by atoms with Crippen molar-refractivity contribution in [2.45, 2.75) is 32.9 Å². The molecular weight excluding hydrogens is 348 g/mol. The minimum absolute atomic E-state index is 0.223. The van der Waals surface area contributed by atoms with Gasteiger partial charge in [0.05, 0.1) is 6.54 Å². The molecule has 0 aliphatic carbocycles. The average Bonchev–Trinajstić information content (AvgIpc) is 2.55. The highest BCUT2D eigenvalue weighted by atomic mass is 16.6. The van der Waals surface area contributed by atoms with E-state index >= 15 is 0 Å². The van der Waals surface area contributed by atoms with Crippen molar-refractivity contribution in [3.8, 4) is 0 Å². The van der Waals surface area contributed by atoms with Crippen LogP contribution in [-0.2, 0) is 20.9 Å². The van der Waals surface area contributed by atoms with Crippen molar-refractivity contribution in [2.75, 3.05) is 38.0 Å². The van der Waals surface area contributed by atoms with Crippen molar-refractivity contribution >= 4 is 24.0 Å². The lowest BCUT2D eigenvalue weighted by Gasteiger charge is -2.34. The molecule has 1 fully saturated rings. The summed E-state index contributed by atoms with van der Waals surface area (Å²) in [4.78, 5) is 38.5. The van der Waals surface area contributed by atoms with Gasteiger partial charge < -0.3 is 15.8 Å². The number of benzene rings is 1. The molecule has 148 valence electrons.